The summed E-state index contributed by atoms with van der Waals surface area (Å²) >= 11 is 0. The van der Waals surface area contributed by atoms with Gasteiger partial charge in [-0.3, -0.25) is 0 Å². The van der Waals surface area contributed by atoms with Crippen molar-refractivity contribution in [1.82, 2.24) is 19.1 Å². The molecule has 0 aliphatic rings. The first kappa shape index (κ1) is 15.3. The van der Waals surface area contributed by atoms with E-state index in [0.29, 0.717) is 19.2 Å². The molecule has 2 heterocycles. The Morgan fingerprint density at radius 2 is 2.00 bits per heavy atom. The van der Waals surface area contributed by atoms with E-state index in [1.165, 1.54) is 12.4 Å². The molecule has 0 bridgehead atoms. The van der Waals surface area contributed by atoms with Crippen molar-refractivity contribution < 1.29 is 13.2 Å². The number of aromatic nitrogens is 4. The van der Waals surface area contributed by atoms with Gasteiger partial charge in [-0.25, -0.2) is 23.1 Å². The van der Waals surface area contributed by atoms with Crippen LogP contribution in [0.1, 0.15) is 24.0 Å². The molecule has 23 heavy (non-hydrogen) atoms. The van der Waals surface area contributed by atoms with Gasteiger partial charge in [0.2, 0.25) is 0 Å². The summed E-state index contributed by atoms with van der Waals surface area (Å²) in [4.78, 5) is 8.39. The van der Waals surface area contributed by atoms with Crippen LogP contribution in [0.2, 0.25) is 0 Å². The molecule has 0 saturated carbocycles. The van der Waals surface area contributed by atoms with Crippen molar-refractivity contribution in [1.29, 1.82) is 0 Å². The average molecular weight is 320 g/mol. The van der Waals surface area contributed by atoms with E-state index in [4.69, 9.17) is 0 Å². The second kappa shape index (κ2) is 5.57. The Kier molecular flexibility index (Phi) is 3.71. The zero-order valence-corrected chi connectivity index (χ0v) is 12.7. The summed E-state index contributed by atoms with van der Waals surface area (Å²) in [6.07, 6.45) is 6.78. The number of halogens is 3. The molecule has 0 unspecified atom stereocenters. The molecule has 0 aliphatic carbocycles. The summed E-state index contributed by atoms with van der Waals surface area (Å²) in [7, 11) is 0. The Labute approximate surface area is 131 Å². The van der Waals surface area contributed by atoms with E-state index in [2.05, 4.69) is 9.97 Å². The molecule has 1 aromatic carbocycles. The molecular formula is C16H15F3N4. The van der Waals surface area contributed by atoms with Crippen molar-refractivity contribution in [2.24, 2.45) is 0 Å². The fraction of sp³-hybridized carbons (Fsp3) is 0.250. The van der Waals surface area contributed by atoms with E-state index in [0.717, 1.165) is 23.7 Å². The summed E-state index contributed by atoms with van der Waals surface area (Å²) in [5.41, 5.74) is 0.556. The van der Waals surface area contributed by atoms with Gasteiger partial charge >= 0.3 is 0 Å². The molecule has 0 radical (unpaired) electrons. The first-order chi connectivity index (χ1) is 10.8. The highest BCUT2D eigenvalue weighted by atomic mass is 19.3. The van der Waals surface area contributed by atoms with Crippen molar-refractivity contribution in [2.75, 3.05) is 0 Å². The van der Waals surface area contributed by atoms with Crippen molar-refractivity contribution in [2.45, 2.75) is 26.3 Å². The van der Waals surface area contributed by atoms with Crippen molar-refractivity contribution in [3.05, 3.63) is 66.0 Å². The summed E-state index contributed by atoms with van der Waals surface area (Å²) < 4.78 is 44.0. The van der Waals surface area contributed by atoms with Crippen molar-refractivity contribution in [3.8, 4) is 5.69 Å². The number of rotatable bonds is 4. The molecule has 0 N–H and O–H groups in total. The lowest BCUT2D eigenvalue weighted by molar-refractivity contribution is 0.0137. The largest absolute Gasteiger partial charge is 0.329 e. The van der Waals surface area contributed by atoms with Crippen molar-refractivity contribution in [3.63, 3.8) is 0 Å². The lowest BCUT2D eigenvalue weighted by atomic mass is 10.1. The van der Waals surface area contributed by atoms with Gasteiger partial charge in [-0.05, 0) is 25.1 Å². The highest BCUT2D eigenvalue weighted by Crippen LogP contribution is 2.30. The van der Waals surface area contributed by atoms with Crippen LogP contribution >= 0.6 is 0 Å². The standard InChI is InChI=1S/C16H15F3N4/c1-11-20-5-6-22(11)8-12-9-23(10-21-12)13-3-4-15(17)14(7-13)16(2,18)19/h3-7,9-10H,8H2,1-2H3. The normalized spacial score (nSPS) is 11.9. The molecule has 3 aromatic rings. The van der Waals surface area contributed by atoms with Gasteiger partial charge in [-0.15, -0.1) is 0 Å². The maximum atomic E-state index is 13.6. The maximum absolute atomic E-state index is 13.6. The number of benzene rings is 1. The molecule has 0 aliphatic heterocycles. The van der Waals surface area contributed by atoms with Crippen LogP contribution in [-0.4, -0.2) is 19.1 Å². The first-order valence-corrected chi connectivity index (χ1v) is 7.03. The van der Waals surface area contributed by atoms with Gasteiger partial charge < -0.3 is 9.13 Å². The minimum absolute atomic E-state index is 0.434. The van der Waals surface area contributed by atoms with E-state index in [1.807, 2.05) is 17.7 Å². The summed E-state index contributed by atoms with van der Waals surface area (Å²) in [6.45, 7) is 3.08. The van der Waals surface area contributed by atoms with Crippen LogP contribution in [0.3, 0.4) is 0 Å². The average Bonchev–Trinajstić information content (AvgIpc) is 3.09. The SMILES string of the molecule is Cc1nccn1Cc1cn(-c2ccc(F)c(C(C)(F)F)c2)cn1. The molecule has 2 aromatic heterocycles. The summed E-state index contributed by atoms with van der Waals surface area (Å²) in [5, 5.41) is 0. The maximum Gasteiger partial charge on any atom is 0.273 e. The second-order valence-electron chi connectivity index (χ2n) is 5.43. The fourth-order valence-corrected chi connectivity index (χ4v) is 2.34. The van der Waals surface area contributed by atoms with Crippen LogP contribution in [0.15, 0.2) is 43.1 Å². The Hall–Kier alpha value is -2.57. The number of hydrogen-bond acceptors (Lipinski definition) is 2. The van der Waals surface area contributed by atoms with E-state index < -0.39 is 17.3 Å². The molecule has 120 valence electrons. The van der Waals surface area contributed by atoms with Gasteiger partial charge in [-0.1, -0.05) is 0 Å². The molecular weight excluding hydrogens is 305 g/mol. The summed E-state index contributed by atoms with van der Waals surface area (Å²) in [5.74, 6) is -3.30. The van der Waals surface area contributed by atoms with Gasteiger partial charge in [0.1, 0.15) is 11.6 Å². The predicted octanol–water partition coefficient (Wildman–Crippen LogP) is 3.68. The lowest BCUT2D eigenvalue weighted by Gasteiger charge is -2.13. The molecule has 4 nitrogen and oxygen atoms in total. The van der Waals surface area contributed by atoms with E-state index in [9.17, 15) is 13.2 Å². The Morgan fingerprint density at radius 1 is 1.22 bits per heavy atom. The zero-order valence-electron chi connectivity index (χ0n) is 12.7. The second-order valence-corrected chi connectivity index (χ2v) is 5.43. The lowest BCUT2D eigenvalue weighted by Crippen LogP contribution is -2.10. The number of hydrogen-bond donors (Lipinski definition) is 0. The van der Waals surface area contributed by atoms with Gasteiger partial charge in [0.05, 0.1) is 24.1 Å². The fourth-order valence-electron chi connectivity index (χ4n) is 2.34. The quantitative estimate of drug-likeness (QED) is 0.735. The molecule has 0 amide bonds. The van der Waals surface area contributed by atoms with Crippen LogP contribution in [0, 0.1) is 12.7 Å². The minimum Gasteiger partial charge on any atom is -0.329 e. The number of imidazole rings is 2. The first-order valence-electron chi connectivity index (χ1n) is 7.03. The topological polar surface area (TPSA) is 35.6 Å². The zero-order chi connectivity index (χ0) is 16.6. The van der Waals surface area contributed by atoms with E-state index in [-0.39, 0.29) is 0 Å². The van der Waals surface area contributed by atoms with Crippen molar-refractivity contribution >= 4 is 0 Å². The van der Waals surface area contributed by atoms with Crippen LogP contribution in [0.25, 0.3) is 5.69 Å². The molecule has 0 atom stereocenters. The van der Waals surface area contributed by atoms with Crippen LogP contribution < -0.4 is 0 Å². The number of nitrogens with zero attached hydrogens (tertiary/aromatic N) is 4. The van der Waals surface area contributed by atoms with E-state index >= 15 is 0 Å². The Bertz CT molecular complexity index is 830. The van der Waals surface area contributed by atoms with Crippen LogP contribution in [0.4, 0.5) is 13.2 Å². The summed E-state index contributed by atoms with van der Waals surface area (Å²) in [6, 6.07) is 3.63. The molecule has 7 heteroatoms. The predicted molar refractivity (Wildman–Crippen MR) is 79.2 cm³/mol. The Morgan fingerprint density at radius 3 is 2.65 bits per heavy atom. The highest BCUT2D eigenvalue weighted by molar-refractivity contribution is 5.38. The third-order valence-electron chi connectivity index (χ3n) is 3.61. The number of aryl methyl sites for hydroxylation is 1. The smallest absolute Gasteiger partial charge is 0.273 e. The molecule has 0 spiro atoms. The third kappa shape index (κ3) is 3.13. The third-order valence-corrected chi connectivity index (χ3v) is 3.61. The molecule has 0 fully saturated rings. The van der Waals surface area contributed by atoms with Gasteiger partial charge in [0.25, 0.3) is 5.92 Å². The van der Waals surface area contributed by atoms with Gasteiger partial charge in [-0.2, -0.15) is 0 Å². The highest BCUT2D eigenvalue weighted by Gasteiger charge is 2.28. The Balaban J connectivity index is 1.90. The van der Waals surface area contributed by atoms with Crippen LogP contribution in [0.5, 0.6) is 0 Å². The molecule has 3 rings (SSSR count). The monoisotopic (exact) mass is 320 g/mol. The van der Waals surface area contributed by atoms with Gasteiger partial charge in [0, 0.05) is 31.2 Å². The van der Waals surface area contributed by atoms with E-state index in [1.54, 1.807) is 17.0 Å². The minimum atomic E-state index is -3.24. The van der Waals surface area contributed by atoms with Gasteiger partial charge in [0.15, 0.2) is 0 Å². The van der Waals surface area contributed by atoms with Crippen LogP contribution in [-0.2, 0) is 12.5 Å². The number of alkyl halides is 2. The molecule has 0 saturated heterocycles.